The largest absolute Gasteiger partial charge is 0.464 e. The molecule has 20 nitrogen and oxygen atoms in total. The summed E-state index contributed by atoms with van der Waals surface area (Å²) in [5.74, 6) is -3.72. The highest BCUT2D eigenvalue weighted by atomic mass is 16.6. The van der Waals surface area contributed by atoms with E-state index in [1.165, 1.54) is 193 Å². The van der Waals surface area contributed by atoms with Crippen molar-refractivity contribution < 1.29 is 73.2 Å². The van der Waals surface area contributed by atoms with E-state index in [0.29, 0.717) is 84.5 Å². The first kappa shape index (κ1) is 100.0. The number of carbonyl (C=O) groups is 5. The first-order valence-corrected chi connectivity index (χ1v) is 44.0. The van der Waals surface area contributed by atoms with Crippen molar-refractivity contribution in [2.24, 2.45) is 0 Å². The van der Waals surface area contributed by atoms with Crippen LogP contribution in [0, 0.1) is 0 Å². The molecule has 1 fully saturated rings. The lowest BCUT2D eigenvalue weighted by molar-refractivity contribution is -0.158. The highest BCUT2D eigenvalue weighted by molar-refractivity contribution is 5.76. The SMILES string of the molecule is CCCCCCCCCCCCOC(=O)C(O)CN(CCN1CCN(CCN(CC(O)C(=O)OCCCCCCCCCCCC)CC(O)C(=O)OCCCCCCCCCCCC)CC1)CCN(CC(O)C(=O)OCCCCCCCCCCCC)CC(O)C(=O)OCCCCCCCCCCCC. The Hall–Kier alpha value is -3.05. The first-order chi connectivity index (χ1) is 51.2. The average molecular weight is 1500 g/mol. The number of hydrogen-bond acceptors (Lipinski definition) is 20. The minimum absolute atomic E-state index is 0.0647. The molecule has 1 rings (SSSR count). The Balaban J connectivity index is 3.20. The van der Waals surface area contributed by atoms with E-state index in [1.54, 1.807) is 9.80 Å². The van der Waals surface area contributed by atoms with E-state index in [-0.39, 0.29) is 78.8 Å². The van der Waals surface area contributed by atoms with Gasteiger partial charge in [-0.2, -0.15) is 0 Å². The molecule has 1 heterocycles. The smallest absolute Gasteiger partial charge is 0.336 e. The second-order valence-electron chi connectivity index (χ2n) is 30.8. The molecule has 105 heavy (non-hydrogen) atoms. The molecular formula is C85H165N5O15. The highest BCUT2D eigenvalue weighted by Crippen LogP contribution is 2.18. The van der Waals surface area contributed by atoms with Crippen molar-refractivity contribution in [3.8, 4) is 0 Å². The maximum atomic E-state index is 13.5. The molecule has 5 atom stereocenters. The normalized spacial score (nSPS) is 14.4. The summed E-state index contributed by atoms with van der Waals surface area (Å²) in [4.78, 5) is 76.4. The van der Waals surface area contributed by atoms with Crippen molar-refractivity contribution in [1.29, 1.82) is 0 Å². The summed E-state index contributed by atoms with van der Waals surface area (Å²) < 4.78 is 27.8. The zero-order chi connectivity index (χ0) is 76.7. The van der Waals surface area contributed by atoms with E-state index in [4.69, 9.17) is 23.7 Å². The van der Waals surface area contributed by atoms with E-state index >= 15 is 0 Å². The summed E-state index contributed by atoms with van der Waals surface area (Å²) in [5, 5.41) is 56.6. The molecule has 0 spiro atoms. The number of nitrogens with zero attached hydrogens (tertiary/aromatic N) is 5. The van der Waals surface area contributed by atoms with Crippen molar-refractivity contribution in [3.05, 3.63) is 0 Å². The molecule has 5 unspecified atom stereocenters. The van der Waals surface area contributed by atoms with Crippen molar-refractivity contribution >= 4 is 29.8 Å². The summed E-state index contributed by atoms with van der Waals surface area (Å²) >= 11 is 0. The zero-order valence-corrected chi connectivity index (χ0v) is 68.4. The molecular weight excluding hydrogens is 1330 g/mol. The van der Waals surface area contributed by atoms with Gasteiger partial charge in [-0.3, -0.25) is 24.5 Å². The number of unbranched alkanes of at least 4 members (excludes halogenated alkanes) is 45. The van der Waals surface area contributed by atoms with Gasteiger partial charge in [-0.1, -0.05) is 324 Å². The van der Waals surface area contributed by atoms with Crippen molar-refractivity contribution in [2.45, 2.75) is 386 Å². The van der Waals surface area contributed by atoms with Crippen LogP contribution in [0.15, 0.2) is 0 Å². The molecule has 20 heteroatoms. The van der Waals surface area contributed by atoms with Gasteiger partial charge in [-0.15, -0.1) is 0 Å². The second-order valence-corrected chi connectivity index (χ2v) is 30.8. The van der Waals surface area contributed by atoms with Crippen LogP contribution in [0.4, 0.5) is 0 Å². The minimum Gasteiger partial charge on any atom is -0.464 e. The number of ether oxygens (including phenoxy) is 5. The van der Waals surface area contributed by atoms with Gasteiger partial charge in [-0.05, 0) is 32.1 Å². The standard InChI is InChI=1S/C85H165N5O15/c1-6-11-16-21-26-31-36-41-46-51-66-101-81(96)76(91)71-88(63-65-90(74-79(94)84(99)104-69-54-49-44-39-34-29-24-19-14-9-4)75-80(95)85(100)105-70-55-50-45-40-35-30-25-20-15-10-5)62-60-86-56-58-87(59-57-86)61-64-89(72-77(92)82(97)102-67-52-47-42-37-32-27-22-17-12-7-2)73-78(93)83(98)103-68-53-48-43-38-33-28-23-18-13-8-3/h76-80,91-95H,6-75H2,1-5H3. The third-order valence-corrected chi connectivity index (χ3v) is 20.9. The Kier molecular flexibility index (Phi) is 70.2. The highest BCUT2D eigenvalue weighted by Gasteiger charge is 2.30. The van der Waals surface area contributed by atoms with Crippen molar-refractivity contribution in [2.75, 3.05) is 131 Å². The molecule has 620 valence electrons. The molecule has 1 aliphatic heterocycles. The molecule has 5 N–H and O–H groups in total. The van der Waals surface area contributed by atoms with Crippen LogP contribution in [0.25, 0.3) is 0 Å². The van der Waals surface area contributed by atoms with Gasteiger partial charge in [0.2, 0.25) is 0 Å². The van der Waals surface area contributed by atoms with Crippen LogP contribution in [-0.4, -0.2) is 242 Å². The monoisotopic (exact) mass is 1500 g/mol. The lowest BCUT2D eigenvalue weighted by Crippen LogP contribution is -2.52. The molecule has 0 bridgehead atoms. The third-order valence-electron chi connectivity index (χ3n) is 20.9. The van der Waals surface area contributed by atoms with Crippen molar-refractivity contribution in [3.63, 3.8) is 0 Å². The minimum atomic E-state index is -1.57. The zero-order valence-electron chi connectivity index (χ0n) is 68.4. The Bertz CT molecular complexity index is 1880. The predicted molar refractivity (Wildman–Crippen MR) is 426 cm³/mol. The van der Waals surface area contributed by atoms with E-state index in [9.17, 15) is 49.5 Å². The number of aliphatic hydroxyl groups is 5. The Morgan fingerprint density at radius 3 is 0.590 bits per heavy atom. The third kappa shape index (κ3) is 61.3. The predicted octanol–water partition coefficient (Wildman–Crippen LogP) is 15.6. The van der Waals surface area contributed by atoms with Crippen LogP contribution >= 0.6 is 0 Å². The van der Waals surface area contributed by atoms with Gasteiger partial charge in [0.1, 0.15) is 0 Å². The van der Waals surface area contributed by atoms with E-state index in [2.05, 4.69) is 44.4 Å². The lowest BCUT2D eigenvalue weighted by atomic mass is 10.1. The van der Waals surface area contributed by atoms with Gasteiger partial charge < -0.3 is 49.2 Å². The van der Waals surface area contributed by atoms with Crippen LogP contribution in [0.5, 0.6) is 0 Å². The molecule has 0 aromatic carbocycles. The summed E-state index contributed by atoms with van der Waals surface area (Å²) in [6, 6.07) is 0. The van der Waals surface area contributed by atoms with Crippen LogP contribution in [0.1, 0.15) is 356 Å². The van der Waals surface area contributed by atoms with Crippen LogP contribution < -0.4 is 0 Å². The summed E-state index contributed by atoms with van der Waals surface area (Å²) in [5.41, 5.74) is 0. The van der Waals surface area contributed by atoms with Gasteiger partial charge in [0.25, 0.3) is 0 Å². The fourth-order valence-corrected chi connectivity index (χ4v) is 13.8. The fraction of sp³-hybridized carbons (Fsp3) is 0.941. The Labute approximate surface area is 642 Å². The number of aliphatic hydroxyl groups excluding tert-OH is 5. The molecule has 0 saturated carbocycles. The van der Waals surface area contributed by atoms with Crippen molar-refractivity contribution in [1.82, 2.24) is 24.5 Å². The number of esters is 5. The van der Waals surface area contributed by atoms with Gasteiger partial charge in [0, 0.05) is 98.2 Å². The van der Waals surface area contributed by atoms with Crippen LogP contribution in [-0.2, 0) is 47.7 Å². The van der Waals surface area contributed by atoms with E-state index < -0.39 is 60.4 Å². The Morgan fingerprint density at radius 1 is 0.238 bits per heavy atom. The molecule has 1 aliphatic rings. The lowest BCUT2D eigenvalue weighted by Gasteiger charge is -2.37. The topological polar surface area (TPSA) is 249 Å². The van der Waals surface area contributed by atoms with Gasteiger partial charge in [0.15, 0.2) is 30.5 Å². The van der Waals surface area contributed by atoms with Gasteiger partial charge >= 0.3 is 29.8 Å². The molecule has 0 aromatic rings. The molecule has 0 amide bonds. The summed E-state index contributed by atoms with van der Waals surface area (Å²) in [6.45, 7) is 16.2. The summed E-state index contributed by atoms with van der Waals surface area (Å²) in [7, 11) is 0. The average Bonchev–Trinajstić information content (AvgIpc) is 0.905. The maximum absolute atomic E-state index is 13.5. The first-order valence-electron chi connectivity index (χ1n) is 44.0. The Morgan fingerprint density at radius 2 is 0.390 bits per heavy atom. The van der Waals surface area contributed by atoms with Crippen LogP contribution in [0.2, 0.25) is 0 Å². The maximum Gasteiger partial charge on any atom is 0.336 e. The fourth-order valence-electron chi connectivity index (χ4n) is 13.8. The number of carbonyl (C=O) groups excluding carboxylic acids is 5. The van der Waals surface area contributed by atoms with E-state index in [1.807, 2.05) is 4.90 Å². The van der Waals surface area contributed by atoms with Crippen LogP contribution in [0.3, 0.4) is 0 Å². The molecule has 1 saturated heterocycles. The van der Waals surface area contributed by atoms with E-state index in [0.717, 1.165) is 96.3 Å². The second kappa shape index (κ2) is 73.7. The molecule has 0 aromatic heterocycles. The number of piperazine rings is 1. The number of rotatable bonds is 79. The van der Waals surface area contributed by atoms with Gasteiger partial charge in [0.05, 0.1) is 33.0 Å². The summed E-state index contributed by atoms with van der Waals surface area (Å²) in [6.07, 6.45) is 49.2. The van der Waals surface area contributed by atoms with Gasteiger partial charge in [-0.25, -0.2) is 24.0 Å². The quantitative estimate of drug-likeness (QED) is 0.0216. The number of hydrogen-bond donors (Lipinski definition) is 5. The molecule has 0 radical (unpaired) electrons. The molecule has 0 aliphatic carbocycles.